The molecule has 4 N–H and O–H groups in total. The topological polar surface area (TPSA) is 190 Å². The first-order chi connectivity index (χ1) is 26.9. The van der Waals surface area contributed by atoms with Gasteiger partial charge in [0.2, 0.25) is 5.78 Å². The molecule has 3 aliphatic heterocycles. The van der Waals surface area contributed by atoms with E-state index >= 15 is 0 Å². The Labute approximate surface area is 331 Å². The van der Waals surface area contributed by atoms with E-state index in [-0.39, 0.29) is 51.4 Å². The number of hydrogen-bond acceptors (Lipinski definition) is 12. The Morgan fingerprint density at radius 2 is 1.67 bits per heavy atom. The third kappa shape index (κ3) is 7.35. The number of aliphatic imine (C=N–C) groups is 1. The van der Waals surface area contributed by atoms with Crippen molar-refractivity contribution in [1.29, 1.82) is 0 Å². The summed E-state index contributed by atoms with van der Waals surface area (Å²) in [4.78, 5) is 60.1. The number of rotatable bonds is 2. The zero-order valence-electron chi connectivity index (χ0n) is 33.6. The lowest BCUT2D eigenvalue weighted by atomic mass is 9.77. The molecule has 4 aliphatic rings. The Bertz CT molecular complexity index is 2180. The number of amides is 1. The lowest BCUT2D eigenvalue weighted by molar-refractivity contribution is -0.160. The van der Waals surface area contributed by atoms with E-state index in [1.165, 1.54) is 40.2 Å². The van der Waals surface area contributed by atoms with E-state index in [2.05, 4.69) is 5.32 Å². The number of aromatic hydroxyl groups is 1. The molecule has 0 unspecified atom stereocenters. The average molecular weight is 783 g/mol. The number of esters is 1. The highest BCUT2D eigenvalue weighted by atomic mass is 16.7. The molecule has 57 heavy (non-hydrogen) atoms. The molecule has 0 aromatic heterocycles. The summed E-state index contributed by atoms with van der Waals surface area (Å²) in [6.45, 7) is 12.8. The minimum atomic E-state index is -1.97. The summed E-state index contributed by atoms with van der Waals surface area (Å²) in [5.74, 6) is -7.28. The van der Waals surface area contributed by atoms with Gasteiger partial charge in [0.15, 0.2) is 0 Å². The number of carbonyl (C=O) groups excluding carboxylic acids is 4. The second-order valence-electron chi connectivity index (χ2n) is 15.6. The molecule has 5 bridgehead atoms. The van der Waals surface area contributed by atoms with Gasteiger partial charge in [0, 0.05) is 73.3 Å². The van der Waals surface area contributed by atoms with Crippen LogP contribution in [0.1, 0.15) is 85.9 Å². The van der Waals surface area contributed by atoms with Crippen molar-refractivity contribution in [2.24, 2.45) is 28.7 Å². The lowest BCUT2D eigenvalue weighted by Gasteiger charge is -2.38. The Morgan fingerprint density at radius 1 is 0.965 bits per heavy atom. The van der Waals surface area contributed by atoms with Gasteiger partial charge in [0.05, 0.1) is 52.8 Å². The SMILES string of the molecule is CO[C@H]1/C=C/O[C@@]2(C)Oc3c(C)c(O)c4c(c3C2=O)C2=Nc3ccccc3CC2=C(NC(=O)/C(C)=C\C=C\[C@H](C)[C@H](O)[C@@H](C)[C@@H](O)[C@@H](C)[C@H](OC(C)=O)[C@@H]1C)C4=O. The fourth-order valence-electron chi connectivity index (χ4n) is 8.14. The van der Waals surface area contributed by atoms with Crippen LogP contribution in [0.25, 0.3) is 0 Å². The molecule has 0 saturated heterocycles. The van der Waals surface area contributed by atoms with Crippen molar-refractivity contribution >= 4 is 34.8 Å². The number of allylic oxidation sites excluding steroid dienone is 4. The Hall–Kier alpha value is -5.37. The number of ketones is 2. The number of nitrogens with zero attached hydrogens (tertiary/aromatic N) is 1. The molecule has 2 aromatic rings. The van der Waals surface area contributed by atoms with Gasteiger partial charge >= 0.3 is 11.8 Å². The number of aliphatic hydroxyl groups excluding tert-OH is 2. The number of para-hydroxylation sites is 1. The number of phenolic OH excluding ortho intramolecular Hbond substituents is 1. The molecular formula is C44H50N2O11. The molecule has 0 fully saturated rings. The molecule has 9 atom stereocenters. The van der Waals surface area contributed by atoms with E-state index < -0.39 is 83.1 Å². The first-order valence-corrected chi connectivity index (χ1v) is 19.1. The van der Waals surface area contributed by atoms with E-state index in [4.69, 9.17) is 23.9 Å². The van der Waals surface area contributed by atoms with Gasteiger partial charge in [-0.3, -0.25) is 19.2 Å². The summed E-state index contributed by atoms with van der Waals surface area (Å²) in [7, 11) is 1.46. The van der Waals surface area contributed by atoms with Crippen molar-refractivity contribution < 1.29 is 53.4 Å². The number of nitrogens with one attached hydrogen (secondary N) is 1. The average Bonchev–Trinajstić information content (AvgIpc) is 3.45. The monoisotopic (exact) mass is 782 g/mol. The van der Waals surface area contributed by atoms with Crippen molar-refractivity contribution in [2.45, 2.75) is 92.0 Å². The number of aliphatic hydroxyl groups is 2. The molecule has 302 valence electrons. The van der Waals surface area contributed by atoms with Crippen molar-refractivity contribution in [1.82, 2.24) is 5.32 Å². The van der Waals surface area contributed by atoms with Crippen molar-refractivity contribution in [3.63, 3.8) is 0 Å². The number of benzene rings is 2. The van der Waals surface area contributed by atoms with Gasteiger partial charge in [0.1, 0.15) is 17.6 Å². The van der Waals surface area contributed by atoms with Crippen LogP contribution >= 0.6 is 0 Å². The highest BCUT2D eigenvalue weighted by Crippen LogP contribution is 2.50. The number of Topliss-reactive ketones (excluding diaryl/α,β-unsaturated/α-hetero) is 2. The number of phenols is 1. The molecule has 3 heterocycles. The minimum absolute atomic E-state index is 0.000972. The van der Waals surface area contributed by atoms with Gasteiger partial charge in [-0.1, -0.05) is 64.1 Å². The quantitative estimate of drug-likeness (QED) is 0.282. The summed E-state index contributed by atoms with van der Waals surface area (Å²) in [5.41, 5.74) is 2.12. The fourth-order valence-corrected chi connectivity index (χ4v) is 8.14. The summed E-state index contributed by atoms with van der Waals surface area (Å²) < 4.78 is 23.8. The molecule has 1 amide bonds. The first-order valence-electron chi connectivity index (χ1n) is 19.1. The van der Waals surface area contributed by atoms with Crippen LogP contribution in [0.4, 0.5) is 5.69 Å². The van der Waals surface area contributed by atoms with Gasteiger partial charge in [-0.2, -0.15) is 0 Å². The second-order valence-corrected chi connectivity index (χ2v) is 15.6. The minimum Gasteiger partial charge on any atom is -0.507 e. The standard InChI is InChI=1S/C44H50N2O11/c1-20-13-12-14-21(2)43(53)46-35-28-19-27-15-10-11-16-29(27)45-34(28)31-32(39(35)51)38(50)25(6)41-33(31)42(52)44(8,57-41)55-18-17-30(54-9)22(3)40(56-26(7)47)24(5)37(49)23(4)36(20)48/h10-18,20,22-24,30,36-37,40,48-50H,19H2,1-9H3,(H,46,53)/b13-12+,18-17+,21-14-/t20-,22+,23+,24+,30-,36-,37+,40+,44-/m0/s1. The van der Waals surface area contributed by atoms with Crippen molar-refractivity contribution in [2.75, 3.05) is 7.11 Å². The van der Waals surface area contributed by atoms with Gasteiger partial charge < -0.3 is 39.6 Å². The largest absolute Gasteiger partial charge is 0.507 e. The molecule has 6 rings (SSSR count). The van der Waals surface area contributed by atoms with Crippen LogP contribution < -0.4 is 10.1 Å². The van der Waals surface area contributed by atoms with E-state index in [0.29, 0.717) is 11.3 Å². The smallest absolute Gasteiger partial charge is 0.312 e. The first kappa shape index (κ1) is 41.3. The number of carbonyl (C=O) groups is 4. The molecular weight excluding hydrogens is 732 g/mol. The highest BCUT2D eigenvalue weighted by molar-refractivity contribution is 6.35. The summed E-state index contributed by atoms with van der Waals surface area (Å²) in [6.07, 6.45) is 4.04. The van der Waals surface area contributed by atoms with E-state index in [0.717, 1.165) is 5.56 Å². The molecule has 2 aromatic carbocycles. The maximum Gasteiger partial charge on any atom is 0.312 e. The van der Waals surface area contributed by atoms with Crippen molar-refractivity contribution in [3.8, 4) is 11.5 Å². The normalized spacial score (nSPS) is 32.4. The Balaban J connectivity index is 1.52. The maximum absolute atomic E-state index is 14.6. The fraction of sp³-hybridized carbons (Fsp3) is 0.432. The van der Waals surface area contributed by atoms with Crippen molar-refractivity contribution in [3.05, 3.63) is 99.5 Å². The highest BCUT2D eigenvalue weighted by Gasteiger charge is 2.52. The third-order valence-corrected chi connectivity index (χ3v) is 11.7. The number of methoxy groups -OCH3 is 1. The van der Waals surface area contributed by atoms with Crippen LogP contribution in [0, 0.1) is 30.6 Å². The van der Waals surface area contributed by atoms with Gasteiger partial charge in [-0.15, -0.1) is 0 Å². The van der Waals surface area contributed by atoms with Gasteiger partial charge in [-0.25, -0.2) is 4.99 Å². The Morgan fingerprint density at radius 3 is 2.35 bits per heavy atom. The molecule has 0 saturated carbocycles. The van der Waals surface area contributed by atoms with Crippen LogP contribution in [0.3, 0.4) is 0 Å². The lowest BCUT2D eigenvalue weighted by Crippen LogP contribution is -2.46. The van der Waals surface area contributed by atoms with Crippen LogP contribution in [0.15, 0.2) is 76.7 Å². The van der Waals surface area contributed by atoms with E-state index in [9.17, 15) is 34.5 Å². The van der Waals surface area contributed by atoms with Gasteiger partial charge in [-0.05, 0) is 31.6 Å². The predicted molar refractivity (Wildman–Crippen MR) is 210 cm³/mol. The maximum atomic E-state index is 14.6. The van der Waals surface area contributed by atoms with Crippen LogP contribution in [-0.4, -0.2) is 81.8 Å². The zero-order valence-corrected chi connectivity index (χ0v) is 33.6. The van der Waals surface area contributed by atoms with E-state index in [1.54, 1.807) is 58.9 Å². The van der Waals surface area contributed by atoms with Gasteiger partial charge in [0.25, 0.3) is 11.7 Å². The molecule has 13 heteroatoms. The Kier molecular flexibility index (Phi) is 11.5. The third-order valence-electron chi connectivity index (χ3n) is 11.7. The molecule has 1 aliphatic carbocycles. The number of fused-ring (bicyclic) bond motifs is 4. The number of hydrogen-bond donors (Lipinski definition) is 4. The summed E-state index contributed by atoms with van der Waals surface area (Å²) >= 11 is 0. The summed E-state index contributed by atoms with van der Waals surface area (Å²) in [6, 6.07) is 7.31. The van der Waals surface area contributed by atoms with Crippen LogP contribution in [-0.2, 0) is 30.2 Å². The number of ether oxygens (including phenoxy) is 4. The molecule has 13 nitrogen and oxygen atoms in total. The molecule has 0 spiro atoms. The molecule has 0 radical (unpaired) electrons. The summed E-state index contributed by atoms with van der Waals surface area (Å²) in [5, 5.41) is 37.3. The van der Waals surface area contributed by atoms with Crippen LogP contribution in [0.2, 0.25) is 0 Å². The second kappa shape index (κ2) is 15.9. The predicted octanol–water partition coefficient (Wildman–Crippen LogP) is 5.49. The zero-order chi connectivity index (χ0) is 41.7. The van der Waals surface area contributed by atoms with E-state index in [1.807, 2.05) is 18.2 Å². The van der Waals surface area contributed by atoms with Crippen LogP contribution in [0.5, 0.6) is 11.5 Å².